The van der Waals surface area contributed by atoms with Crippen molar-refractivity contribution in [3.8, 4) is 0 Å². The minimum absolute atomic E-state index is 0.250. The smallest absolute Gasteiger partial charge is 0.0449 e. The van der Waals surface area contributed by atoms with Crippen molar-refractivity contribution in [2.75, 3.05) is 32.4 Å². The van der Waals surface area contributed by atoms with E-state index in [4.69, 9.17) is 0 Å². The molecule has 0 amide bonds. The number of hydrogen-bond donors (Lipinski definition) is 1. The third kappa shape index (κ3) is 3.64. The van der Waals surface area contributed by atoms with Gasteiger partial charge < -0.3 is 5.32 Å². The van der Waals surface area contributed by atoms with E-state index >= 15 is 0 Å². The van der Waals surface area contributed by atoms with Gasteiger partial charge in [-0.2, -0.15) is 0 Å². The lowest BCUT2D eigenvalue weighted by molar-refractivity contribution is 0.202. The summed E-state index contributed by atoms with van der Waals surface area (Å²) in [4.78, 5) is 2.42. The molecule has 1 heterocycles. The van der Waals surface area contributed by atoms with Crippen molar-refractivity contribution in [1.29, 1.82) is 0 Å². The minimum Gasteiger partial charge on any atom is -0.308 e. The standard InChI is InChI=1S/C14H22N2OS/c1-12(18(2)17)10-16-9-8-15-14(11-16)13-6-4-3-5-7-13/h3-7,12,14-15H,8-11H2,1-2H3. The summed E-state index contributed by atoms with van der Waals surface area (Å²) < 4.78 is 11.4. The molecule has 1 aliphatic rings. The van der Waals surface area contributed by atoms with Crippen LogP contribution >= 0.6 is 0 Å². The van der Waals surface area contributed by atoms with E-state index in [-0.39, 0.29) is 5.25 Å². The molecule has 1 aromatic rings. The van der Waals surface area contributed by atoms with E-state index in [9.17, 15) is 4.21 Å². The summed E-state index contributed by atoms with van der Waals surface area (Å²) in [5.74, 6) is 0. The average molecular weight is 266 g/mol. The zero-order valence-corrected chi connectivity index (χ0v) is 12.0. The molecule has 3 atom stereocenters. The van der Waals surface area contributed by atoms with E-state index in [0.29, 0.717) is 6.04 Å². The van der Waals surface area contributed by atoms with Gasteiger partial charge in [-0.15, -0.1) is 0 Å². The van der Waals surface area contributed by atoms with E-state index in [1.165, 1.54) is 5.56 Å². The third-order valence-electron chi connectivity index (χ3n) is 3.54. The Morgan fingerprint density at radius 1 is 1.44 bits per heavy atom. The molecule has 3 nitrogen and oxygen atoms in total. The number of nitrogens with one attached hydrogen (secondary N) is 1. The molecule has 3 unspecified atom stereocenters. The molecule has 0 radical (unpaired) electrons. The first-order valence-electron chi connectivity index (χ1n) is 6.49. The summed E-state index contributed by atoms with van der Waals surface area (Å²) in [6.45, 7) is 6.04. The van der Waals surface area contributed by atoms with Crippen LogP contribution in [0.4, 0.5) is 0 Å². The Balaban J connectivity index is 1.95. The van der Waals surface area contributed by atoms with Gasteiger partial charge in [0.15, 0.2) is 0 Å². The van der Waals surface area contributed by atoms with Gasteiger partial charge in [-0.25, -0.2) is 0 Å². The molecule has 4 heteroatoms. The maximum absolute atomic E-state index is 11.4. The summed E-state index contributed by atoms with van der Waals surface area (Å²) in [7, 11) is -0.730. The van der Waals surface area contributed by atoms with Crippen molar-refractivity contribution in [3.63, 3.8) is 0 Å². The van der Waals surface area contributed by atoms with Gasteiger partial charge in [-0.1, -0.05) is 30.3 Å². The molecular weight excluding hydrogens is 244 g/mol. The van der Waals surface area contributed by atoms with Crippen molar-refractivity contribution in [3.05, 3.63) is 35.9 Å². The Hall–Kier alpha value is -0.710. The molecule has 0 bridgehead atoms. The van der Waals surface area contributed by atoms with Gasteiger partial charge in [-0.05, 0) is 12.5 Å². The fourth-order valence-electron chi connectivity index (χ4n) is 2.35. The lowest BCUT2D eigenvalue weighted by Gasteiger charge is -2.35. The normalized spacial score (nSPS) is 24.7. The quantitative estimate of drug-likeness (QED) is 0.894. The molecule has 18 heavy (non-hydrogen) atoms. The van der Waals surface area contributed by atoms with Crippen LogP contribution in [-0.2, 0) is 10.8 Å². The maximum atomic E-state index is 11.4. The molecular formula is C14H22N2OS. The van der Waals surface area contributed by atoms with Crippen LogP contribution in [0.3, 0.4) is 0 Å². The first-order valence-corrected chi connectivity index (χ1v) is 8.12. The fourth-order valence-corrected chi connectivity index (χ4v) is 2.77. The SMILES string of the molecule is CC(CN1CCNC(c2ccccc2)C1)S(C)=O. The van der Waals surface area contributed by atoms with Gasteiger partial charge in [0.25, 0.3) is 0 Å². The maximum Gasteiger partial charge on any atom is 0.0449 e. The largest absolute Gasteiger partial charge is 0.308 e. The monoisotopic (exact) mass is 266 g/mol. The highest BCUT2D eigenvalue weighted by atomic mass is 32.2. The van der Waals surface area contributed by atoms with Crippen LogP contribution < -0.4 is 5.32 Å². The third-order valence-corrected chi connectivity index (χ3v) is 4.83. The molecule has 0 spiro atoms. The summed E-state index contributed by atoms with van der Waals surface area (Å²) >= 11 is 0. The predicted octanol–water partition coefficient (Wildman–Crippen LogP) is 1.40. The molecule has 1 fully saturated rings. The van der Waals surface area contributed by atoms with Crippen LogP contribution in [0.5, 0.6) is 0 Å². The Bertz CT molecular complexity index is 396. The highest BCUT2D eigenvalue weighted by Gasteiger charge is 2.22. The predicted molar refractivity (Wildman–Crippen MR) is 77.2 cm³/mol. The van der Waals surface area contributed by atoms with Crippen LogP contribution in [0.1, 0.15) is 18.5 Å². The Morgan fingerprint density at radius 3 is 2.83 bits per heavy atom. The molecule has 1 saturated heterocycles. The summed E-state index contributed by atoms with van der Waals surface area (Å²) in [6, 6.07) is 11.0. The highest BCUT2D eigenvalue weighted by Crippen LogP contribution is 2.17. The lowest BCUT2D eigenvalue weighted by atomic mass is 10.0. The van der Waals surface area contributed by atoms with Crippen molar-refractivity contribution in [2.24, 2.45) is 0 Å². The Kier molecular flexibility index (Phi) is 4.92. The fraction of sp³-hybridized carbons (Fsp3) is 0.571. The molecule has 2 rings (SSSR count). The second kappa shape index (κ2) is 6.45. The summed E-state index contributed by atoms with van der Waals surface area (Å²) in [5.41, 5.74) is 1.34. The van der Waals surface area contributed by atoms with E-state index in [2.05, 4.69) is 41.4 Å². The van der Waals surface area contributed by atoms with E-state index in [1.54, 1.807) is 6.26 Å². The molecule has 0 saturated carbocycles. The Morgan fingerprint density at radius 2 is 2.17 bits per heavy atom. The lowest BCUT2D eigenvalue weighted by Crippen LogP contribution is -2.48. The summed E-state index contributed by atoms with van der Waals surface area (Å²) in [6.07, 6.45) is 1.79. The molecule has 1 N–H and O–H groups in total. The number of piperazine rings is 1. The minimum atomic E-state index is -0.730. The van der Waals surface area contributed by atoms with Gasteiger partial charge in [0, 0.05) is 54.5 Å². The van der Waals surface area contributed by atoms with Crippen molar-refractivity contribution in [2.45, 2.75) is 18.2 Å². The zero-order valence-electron chi connectivity index (χ0n) is 11.1. The number of rotatable bonds is 4. The number of nitrogens with zero attached hydrogens (tertiary/aromatic N) is 1. The molecule has 0 aliphatic carbocycles. The molecule has 1 aliphatic heterocycles. The van der Waals surface area contributed by atoms with Crippen LogP contribution in [0.25, 0.3) is 0 Å². The molecule has 100 valence electrons. The first kappa shape index (κ1) is 13.7. The van der Waals surface area contributed by atoms with Crippen molar-refractivity contribution < 1.29 is 4.21 Å². The van der Waals surface area contributed by atoms with Crippen molar-refractivity contribution >= 4 is 10.8 Å². The topological polar surface area (TPSA) is 32.3 Å². The van der Waals surface area contributed by atoms with Gasteiger partial charge in [0.1, 0.15) is 0 Å². The highest BCUT2D eigenvalue weighted by molar-refractivity contribution is 7.84. The van der Waals surface area contributed by atoms with E-state index in [1.807, 2.05) is 6.07 Å². The van der Waals surface area contributed by atoms with Crippen LogP contribution in [0.2, 0.25) is 0 Å². The zero-order chi connectivity index (χ0) is 13.0. The summed E-state index contributed by atoms with van der Waals surface area (Å²) in [5, 5.41) is 3.80. The Labute approximate surface area is 112 Å². The van der Waals surface area contributed by atoms with Gasteiger partial charge in [0.05, 0.1) is 0 Å². The first-order chi connectivity index (χ1) is 8.66. The van der Waals surface area contributed by atoms with E-state index in [0.717, 1.165) is 26.2 Å². The van der Waals surface area contributed by atoms with Crippen molar-refractivity contribution in [1.82, 2.24) is 10.2 Å². The average Bonchev–Trinajstić information content (AvgIpc) is 2.40. The second-order valence-corrected chi connectivity index (χ2v) is 6.79. The van der Waals surface area contributed by atoms with E-state index < -0.39 is 10.8 Å². The van der Waals surface area contributed by atoms with Crippen LogP contribution in [-0.4, -0.2) is 46.8 Å². The van der Waals surface area contributed by atoms with Gasteiger partial charge >= 0.3 is 0 Å². The van der Waals surface area contributed by atoms with Gasteiger partial charge in [-0.3, -0.25) is 9.11 Å². The van der Waals surface area contributed by atoms with Crippen LogP contribution in [0.15, 0.2) is 30.3 Å². The number of hydrogen-bond acceptors (Lipinski definition) is 3. The number of benzene rings is 1. The molecule has 0 aromatic heterocycles. The van der Waals surface area contributed by atoms with Crippen LogP contribution in [0, 0.1) is 0 Å². The second-order valence-electron chi connectivity index (χ2n) is 4.99. The molecule has 1 aromatic carbocycles. The van der Waals surface area contributed by atoms with Gasteiger partial charge in [0.2, 0.25) is 0 Å².